The van der Waals surface area contributed by atoms with Crippen molar-refractivity contribution in [2.24, 2.45) is 0 Å². The first-order valence-electron chi connectivity index (χ1n) is 12.2. The summed E-state index contributed by atoms with van der Waals surface area (Å²) in [5, 5.41) is 10.5. The van der Waals surface area contributed by atoms with Crippen LogP contribution in [0.2, 0.25) is 0 Å². The molecule has 0 amide bonds. The number of aliphatic hydroxyl groups excluding tert-OH is 1. The second kappa shape index (κ2) is 12.6. The number of methoxy groups -OCH3 is 1. The van der Waals surface area contributed by atoms with E-state index in [1.807, 2.05) is 55.4 Å². The molecule has 0 aliphatic carbocycles. The predicted molar refractivity (Wildman–Crippen MR) is 140 cm³/mol. The Balaban J connectivity index is 2.56. The van der Waals surface area contributed by atoms with E-state index in [-0.39, 0.29) is 6.61 Å². The Morgan fingerprint density at radius 3 is 2.00 bits per heavy atom. The van der Waals surface area contributed by atoms with E-state index in [9.17, 15) is 13.5 Å². The molecule has 0 aromatic heterocycles. The quantitative estimate of drug-likeness (QED) is 0.400. The second-order valence-electron chi connectivity index (χ2n) is 9.27. The zero-order valence-corrected chi connectivity index (χ0v) is 22.5. The van der Waals surface area contributed by atoms with Gasteiger partial charge < -0.3 is 14.7 Å². The number of nitrogens with zero attached hydrogens (tertiary/aromatic N) is 2. The van der Waals surface area contributed by atoms with Crippen molar-refractivity contribution in [3.63, 3.8) is 0 Å². The van der Waals surface area contributed by atoms with Crippen LogP contribution < -0.4 is 9.64 Å². The van der Waals surface area contributed by atoms with Crippen molar-refractivity contribution in [1.29, 1.82) is 0 Å². The number of sulfonamides is 1. The third kappa shape index (κ3) is 6.52. The van der Waals surface area contributed by atoms with E-state index in [0.717, 1.165) is 48.2 Å². The molecule has 2 aromatic carbocycles. The number of likely N-dealkylation sites (N-methyl/N-ethyl adjacent to an activating group) is 1. The van der Waals surface area contributed by atoms with Crippen molar-refractivity contribution in [3.8, 4) is 5.75 Å². The molecule has 6 nitrogen and oxygen atoms in total. The lowest BCUT2D eigenvalue weighted by Crippen LogP contribution is -2.52. The molecule has 0 saturated carbocycles. The Labute approximate surface area is 206 Å². The summed E-state index contributed by atoms with van der Waals surface area (Å²) in [6.07, 6.45) is 5.37. The Hall–Kier alpha value is -2.09. The number of hydrogen-bond donors (Lipinski definition) is 1. The van der Waals surface area contributed by atoms with E-state index < -0.39 is 15.6 Å². The van der Waals surface area contributed by atoms with Crippen molar-refractivity contribution in [1.82, 2.24) is 4.31 Å². The highest BCUT2D eigenvalue weighted by molar-refractivity contribution is 7.89. The first-order valence-corrected chi connectivity index (χ1v) is 13.6. The number of hydrogen-bond acceptors (Lipinski definition) is 5. The van der Waals surface area contributed by atoms with E-state index in [2.05, 4.69) is 13.8 Å². The van der Waals surface area contributed by atoms with Gasteiger partial charge in [-0.15, -0.1) is 0 Å². The van der Waals surface area contributed by atoms with E-state index in [0.29, 0.717) is 24.2 Å². The molecule has 0 heterocycles. The van der Waals surface area contributed by atoms with Crippen LogP contribution in [0.15, 0.2) is 47.4 Å². The molecule has 0 aliphatic heterocycles. The molecule has 190 valence electrons. The third-order valence-corrected chi connectivity index (χ3v) is 8.77. The molecule has 34 heavy (non-hydrogen) atoms. The lowest BCUT2D eigenvalue weighted by atomic mass is 9.88. The van der Waals surface area contributed by atoms with Gasteiger partial charge in [-0.25, -0.2) is 8.42 Å². The summed E-state index contributed by atoms with van der Waals surface area (Å²) in [4.78, 5) is 2.26. The van der Waals surface area contributed by atoms with E-state index in [1.54, 1.807) is 20.2 Å². The minimum absolute atomic E-state index is 0.188. The fraction of sp³-hybridized carbons (Fsp3) is 0.556. The Morgan fingerprint density at radius 2 is 1.53 bits per heavy atom. The molecule has 0 saturated heterocycles. The molecule has 2 aromatic rings. The maximum absolute atomic E-state index is 14.0. The number of aliphatic hydroxyl groups is 1. The molecule has 7 heteroatoms. The van der Waals surface area contributed by atoms with Crippen LogP contribution in [0.3, 0.4) is 0 Å². The summed E-state index contributed by atoms with van der Waals surface area (Å²) in [6, 6.07) is 13.2. The third-order valence-electron chi connectivity index (χ3n) is 6.71. The van der Waals surface area contributed by atoms with Crippen LogP contribution in [0.5, 0.6) is 5.75 Å². The molecular formula is C27H42N2O4S. The van der Waals surface area contributed by atoms with E-state index in [4.69, 9.17) is 4.74 Å². The molecule has 0 spiro atoms. The number of benzene rings is 2. The van der Waals surface area contributed by atoms with Crippen molar-refractivity contribution in [2.75, 3.05) is 39.8 Å². The van der Waals surface area contributed by atoms with Gasteiger partial charge in [-0.05, 0) is 60.7 Å². The molecule has 0 unspecified atom stereocenters. The Kier molecular flexibility index (Phi) is 10.4. The Bertz CT molecular complexity index is 996. The standard InChI is InChI=1S/C27H42N2O4S/c1-7-9-17-27(21-30,18-10-8-2)29(5)34(31,32)26-16-13-24(28(3)4)20-23(26)19-22-11-14-25(33-6)15-12-22/h11-16,20,30H,7-10,17-19,21H2,1-6H3. The van der Waals surface area contributed by atoms with E-state index in [1.165, 1.54) is 4.31 Å². The highest BCUT2D eigenvalue weighted by Crippen LogP contribution is 2.35. The fourth-order valence-electron chi connectivity index (χ4n) is 4.31. The second-order valence-corrected chi connectivity index (χ2v) is 11.2. The number of unbranched alkanes of at least 4 members (excludes halogenated alkanes) is 2. The van der Waals surface area contributed by atoms with Crippen molar-refractivity contribution >= 4 is 15.7 Å². The summed E-state index contributed by atoms with van der Waals surface area (Å²) < 4.78 is 34.8. The van der Waals surface area contributed by atoms with Gasteiger partial charge in [0, 0.05) is 26.8 Å². The van der Waals surface area contributed by atoms with Crippen molar-refractivity contribution in [3.05, 3.63) is 53.6 Å². The SMILES string of the molecule is CCCCC(CO)(CCCC)N(C)S(=O)(=O)c1ccc(N(C)C)cc1Cc1ccc(OC)cc1. The average Bonchev–Trinajstić information content (AvgIpc) is 2.84. The van der Waals surface area contributed by atoms with Crippen LogP contribution in [-0.2, 0) is 16.4 Å². The van der Waals surface area contributed by atoms with Gasteiger partial charge in [-0.2, -0.15) is 4.31 Å². The monoisotopic (exact) mass is 490 g/mol. The van der Waals surface area contributed by atoms with Crippen molar-refractivity contribution in [2.45, 2.75) is 69.2 Å². The maximum atomic E-state index is 14.0. The van der Waals surface area contributed by atoms with Gasteiger partial charge in [0.1, 0.15) is 5.75 Å². The van der Waals surface area contributed by atoms with Gasteiger partial charge >= 0.3 is 0 Å². The largest absolute Gasteiger partial charge is 0.497 e. The summed E-state index contributed by atoms with van der Waals surface area (Å²) in [7, 11) is 3.30. The van der Waals surface area contributed by atoms with Crippen LogP contribution >= 0.6 is 0 Å². The highest BCUT2D eigenvalue weighted by Gasteiger charge is 2.41. The number of rotatable bonds is 14. The van der Waals surface area contributed by atoms with Gasteiger partial charge in [0.25, 0.3) is 0 Å². The molecule has 2 rings (SSSR count). The summed E-state index contributed by atoms with van der Waals surface area (Å²) >= 11 is 0. The van der Waals surface area contributed by atoms with Crippen LogP contribution in [0.4, 0.5) is 5.69 Å². The minimum Gasteiger partial charge on any atom is -0.497 e. The van der Waals surface area contributed by atoms with Gasteiger partial charge in [-0.3, -0.25) is 0 Å². The highest BCUT2D eigenvalue weighted by atomic mass is 32.2. The van der Waals surface area contributed by atoms with Crippen molar-refractivity contribution < 1.29 is 18.3 Å². The average molecular weight is 491 g/mol. The zero-order chi connectivity index (χ0) is 25.4. The lowest BCUT2D eigenvalue weighted by molar-refractivity contribution is 0.0843. The van der Waals surface area contributed by atoms with Gasteiger partial charge in [0.15, 0.2) is 0 Å². The predicted octanol–water partition coefficient (Wildman–Crippen LogP) is 5.08. The van der Waals surface area contributed by atoms with Gasteiger partial charge in [-0.1, -0.05) is 51.7 Å². The molecule has 0 aliphatic rings. The molecule has 0 atom stereocenters. The number of anilines is 1. The van der Waals surface area contributed by atoms with E-state index >= 15 is 0 Å². The van der Waals surface area contributed by atoms with Crippen LogP contribution in [0, 0.1) is 0 Å². The maximum Gasteiger partial charge on any atom is 0.243 e. The minimum atomic E-state index is -3.85. The number of ether oxygens (including phenoxy) is 1. The normalized spacial score (nSPS) is 12.2. The topological polar surface area (TPSA) is 70.1 Å². The van der Waals surface area contributed by atoms with Crippen LogP contribution in [0.1, 0.15) is 63.5 Å². The summed E-state index contributed by atoms with van der Waals surface area (Å²) in [6.45, 7) is 3.99. The lowest BCUT2D eigenvalue weighted by Gasteiger charge is -2.40. The molecule has 1 N–H and O–H groups in total. The molecule has 0 radical (unpaired) electrons. The fourth-order valence-corrected chi connectivity index (χ4v) is 6.06. The smallest absolute Gasteiger partial charge is 0.243 e. The van der Waals surface area contributed by atoms with Gasteiger partial charge in [0.05, 0.1) is 24.2 Å². The summed E-state index contributed by atoms with van der Waals surface area (Å²) in [5.41, 5.74) is 1.88. The zero-order valence-electron chi connectivity index (χ0n) is 21.7. The first kappa shape index (κ1) is 28.1. The molecule has 0 bridgehead atoms. The first-order chi connectivity index (χ1) is 16.1. The van der Waals surface area contributed by atoms with Crippen LogP contribution in [0.25, 0.3) is 0 Å². The molecule has 0 fully saturated rings. The van der Waals surface area contributed by atoms with Crippen LogP contribution in [-0.4, -0.2) is 58.2 Å². The molecular weight excluding hydrogens is 448 g/mol. The Morgan fingerprint density at radius 1 is 0.941 bits per heavy atom. The summed E-state index contributed by atoms with van der Waals surface area (Å²) in [5.74, 6) is 0.762. The van der Waals surface area contributed by atoms with Gasteiger partial charge in [0.2, 0.25) is 10.0 Å².